The number of aromatic nitrogens is 1. The number of nitrogens with zero attached hydrogens (tertiary/aromatic N) is 5. The van der Waals surface area contributed by atoms with Crippen LogP contribution in [0.4, 0.5) is 5.69 Å². The minimum atomic E-state index is -0.517. The van der Waals surface area contributed by atoms with Crippen LogP contribution in [0.3, 0.4) is 0 Å². The average Bonchev–Trinajstić information content (AvgIpc) is 2.92. The van der Waals surface area contributed by atoms with E-state index < -0.39 is 5.41 Å². The van der Waals surface area contributed by atoms with Crippen LogP contribution in [0.1, 0.15) is 28.8 Å². The van der Waals surface area contributed by atoms with E-state index in [1.165, 1.54) is 0 Å². The van der Waals surface area contributed by atoms with Gasteiger partial charge in [-0.3, -0.25) is 9.78 Å². The molecule has 0 unspecified atom stereocenters. The number of piperazine rings is 1. The third-order valence-corrected chi connectivity index (χ3v) is 8.41. The van der Waals surface area contributed by atoms with Crippen LogP contribution in [0.25, 0.3) is 10.9 Å². The van der Waals surface area contributed by atoms with Crippen LogP contribution in [0, 0.1) is 11.3 Å². The Morgan fingerprint density at radius 1 is 1.06 bits per heavy atom. The number of amides is 1. The smallest absolute Gasteiger partial charge is 0.257 e. The zero-order valence-corrected chi connectivity index (χ0v) is 21.4. The summed E-state index contributed by atoms with van der Waals surface area (Å²) in [5, 5.41) is 11.7. The lowest BCUT2D eigenvalue weighted by molar-refractivity contribution is 0.0704. The van der Waals surface area contributed by atoms with Crippen LogP contribution in [0.2, 0.25) is 5.02 Å². The molecule has 35 heavy (non-hydrogen) atoms. The molecule has 0 bridgehead atoms. The van der Waals surface area contributed by atoms with E-state index >= 15 is 0 Å². The molecule has 2 aromatic carbocycles. The van der Waals surface area contributed by atoms with Crippen molar-refractivity contribution in [2.75, 3.05) is 50.4 Å². The fraction of sp³-hybridized carbons (Fsp3) is 0.370. The van der Waals surface area contributed by atoms with Gasteiger partial charge in [-0.05, 0) is 42.9 Å². The number of anilines is 1. The van der Waals surface area contributed by atoms with Crippen molar-refractivity contribution in [1.82, 2.24) is 14.2 Å². The Morgan fingerprint density at radius 2 is 1.77 bits per heavy atom. The van der Waals surface area contributed by atoms with E-state index in [4.69, 9.17) is 11.6 Å². The molecule has 2 aliphatic rings. The topological polar surface area (TPSA) is 63.5 Å². The molecule has 2 fully saturated rings. The number of pyridine rings is 1. The molecular weight excluding hydrogens is 478 g/mol. The number of piperidine rings is 1. The summed E-state index contributed by atoms with van der Waals surface area (Å²) < 4.78 is 2.28. The van der Waals surface area contributed by atoms with Crippen LogP contribution in [0.5, 0.6) is 0 Å². The zero-order chi connectivity index (χ0) is 24.4. The highest BCUT2D eigenvalue weighted by Crippen LogP contribution is 2.40. The number of halogens is 1. The van der Waals surface area contributed by atoms with E-state index in [-0.39, 0.29) is 5.91 Å². The van der Waals surface area contributed by atoms with Crippen molar-refractivity contribution < 1.29 is 4.79 Å². The normalized spacial score (nSPS) is 18.4. The highest BCUT2D eigenvalue weighted by Gasteiger charge is 2.38. The molecule has 0 saturated carbocycles. The molecule has 180 valence electrons. The van der Waals surface area contributed by atoms with Gasteiger partial charge in [0.1, 0.15) is 0 Å². The van der Waals surface area contributed by atoms with E-state index in [2.05, 4.69) is 26.5 Å². The molecular formula is C27H28ClN5OS. The third kappa shape index (κ3) is 4.58. The van der Waals surface area contributed by atoms with Gasteiger partial charge < -0.3 is 9.80 Å². The highest BCUT2D eigenvalue weighted by atomic mass is 35.5. The quantitative estimate of drug-likeness (QED) is 0.466. The molecule has 5 rings (SSSR count). The van der Waals surface area contributed by atoms with E-state index in [9.17, 15) is 10.1 Å². The summed E-state index contributed by atoms with van der Waals surface area (Å²) in [6, 6.07) is 18.3. The molecule has 0 radical (unpaired) electrons. The van der Waals surface area contributed by atoms with Crippen molar-refractivity contribution in [2.24, 2.45) is 0 Å². The number of hydrogen-bond donors (Lipinski definition) is 0. The Labute approximate surface area is 215 Å². The number of benzene rings is 2. The van der Waals surface area contributed by atoms with Crippen molar-refractivity contribution >= 4 is 46.0 Å². The molecule has 0 atom stereocenters. The minimum absolute atomic E-state index is 0.00954. The Hall–Kier alpha value is -2.79. The average molecular weight is 506 g/mol. The van der Waals surface area contributed by atoms with Crippen molar-refractivity contribution in [2.45, 2.75) is 18.3 Å². The Kier molecular flexibility index (Phi) is 6.88. The number of hydrogen-bond acceptors (Lipinski definition) is 6. The first-order valence-corrected chi connectivity index (χ1v) is 13.5. The molecule has 2 saturated heterocycles. The summed E-state index contributed by atoms with van der Waals surface area (Å²) in [6.45, 7) is 4.43. The maximum Gasteiger partial charge on any atom is 0.257 e. The van der Waals surface area contributed by atoms with E-state index in [0.717, 1.165) is 35.2 Å². The fourth-order valence-electron chi connectivity index (χ4n) is 5.23. The van der Waals surface area contributed by atoms with Gasteiger partial charge in [0.05, 0.1) is 28.3 Å². The van der Waals surface area contributed by atoms with Crippen molar-refractivity contribution in [3.63, 3.8) is 0 Å². The first-order valence-electron chi connectivity index (χ1n) is 11.9. The maximum absolute atomic E-state index is 13.7. The number of carbonyl (C=O) groups is 1. The third-order valence-electron chi connectivity index (χ3n) is 7.29. The molecule has 6 nitrogen and oxygen atoms in total. The summed E-state index contributed by atoms with van der Waals surface area (Å²) in [5.41, 5.74) is 2.85. The van der Waals surface area contributed by atoms with Crippen molar-refractivity contribution in [3.05, 3.63) is 70.9 Å². The summed E-state index contributed by atoms with van der Waals surface area (Å²) in [7, 11) is 0. The van der Waals surface area contributed by atoms with Crippen molar-refractivity contribution in [1.29, 1.82) is 5.26 Å². The van der Waals surface area contributed by atoms with Crippen LogP contribution < -0.4 is 4.90 Å². The lowest BCUT2D eigenvalue weighted by Gasteiger charge is -2.40. The standard InChI is InChI=1S/C27H28ClN5OS/c1-35-33-15-13-32(14-16-33)26(34)23-18-30-24-8-7-21(28)17-22(24)25(23)31-11-9-27(19-29,10-12-31)20-5-3-2-4-6-20/h2-8,17-18H,9-16H2,1H3. The molecule has 8 heteroatoms. The predicted octanol–water partition coefficient (Wildman–Crippen LogP) is 4.99. The van der Waals surface area contributed by atoms with Gasteiger partial charge in [-0.2, -0.15) is 5.26 Å². The van der Waals surface area contributed by atoms with Crippen molar-refractivity contribution in [3.8, 4) is 6.07 Å². The van der Waals surface area contributed by atoms with Crippen LogP contribution in [-0.4, -0.2) is 65.6 Å². The first-order chi connectivity index (χ1) is 17.0. The fourth-order valence-corrected chi connectivity index (χ4v) is 5.93. The van der Waals surface area contributed by atoms with E-state index in [1.807, 2.05) is 53.4 Å². The second kappa shape index (κ2) is 10.1. The van der Waals surface area contributed by atoms with Gasteiger partial charge in [-0.25, -0.2) is 4.31 Å². The lowest BCUT2D eigenvalue weighted by atomic mass is 9.74. The maximum atomic E-state index is 13.7. The largest absolute Gasteiger partial charge is 0.370 e. The monoisotopic (exact) mass is 505 g/mol. The lowest BCUT2D eigenvalue weighted by Crippen LogP contribution is -2.47. The molecule has 0 spiro atoms. The molecule has 1 amide bonds. The molecule has 2 aliphatic heterocycles. The highest BCUT2D eigenvalue weighted by molar-refractivity contribution is 7.96. The van der Waals surface area contributed by atoms with Gasteiger partial charge in [0.25, 0.3) is 5.91 Å². The van der Waals surface area contributed by atoms with Crippen LogP contribution >= 0.6 is 23.5 Å². The van der Waals surface area contributed by atoms with Gasteiger partial charge >= 0.3 is 0 Å². The Morgan fingerprint density at radius 3 is 2.43 bits per heavy atom. The molecule has 0 N–H and O–H groups in total. The number of rotatable bonds is 4. The molecule has 3 heterocycles. The second-order valence-corrected chi connectivity index (χ2v) is 10.5. The molecule has 1 aromatic heterocycles. The van der Waals surface area contributed by atoms with Gasteiger partial charge in [0.15, 0.2) is 0 Å². The number of fused-ring (bicyclic) bond motifs is 1. The van der Waals surface area contributed by atoms with Gasteiger partial charge in [-0.1, -0.05) is 53.9 Å². The van der Waals surface area contributed by atoms with Crippen LogP contribution in [0.15, 0.2) is 54.7 Å². The molecule has 0 aliphatic carbocycles. The van der Waals surface area contributed by atoms with E-state index in [1.54, 1.807) is 18.1 Å². The minimum Gasteiger partial charge on any atom is -0.370 e. The Bertz CT molecular complexity index is 1260. The van der Waals surface area contributed by atoms with Crippen LogP contribution in [-0.2, 0) is 5.41 Å². The summed E-state index contributed by atoms with van der Waals surface area (Å²) in [6.07, 6.45) is 5.17. The Balaban J connectivity index is 1.50. The summed E-state index contributed by atoms with van der Waals surface area (Å²) in [5.74, 6) is 0.00954. The second-order valence-electron chi connectivity index (χ2n) is 9.13. The predicted molar refractivity (Wildman–Crippen MR) is 143 cm³/mol. The van der Waals surface area contributed by atoms with Gasteiger partial charge in [0, 0.05) is 55.9 Å². The number of nitriles is 1. The summed E-state index contributed by atoms with van der Waals surface area (Å²) in [4.78, 5) is 22.5. The number of carbonyl (C=O) groups excluding carboxylic acids is 1. The van der Waals surface area contributed by atoms with Gasteiger partial charge in [-0.15, -0.1) is 0 Å². The SMILES string of the molecule is CSN1CCN(C(=O)c2cnc3ccc(Cl)cc3c2N2CCC(C#N)(c3ccccc3)CC2)CC1. The summed E-state index contributed by atoms with van der Waals surface area (Å²) >= 11 is 8.12. The zero-order valence-electron chi connectivity index (χ0n) is 19.8. The first kappa shape index (κ1) is 23.9. The van der Waals surface area contributed by atoms with Gasteiger partial charge in [0.2, 0.25) is 0 Å². The molecule has 3 aromatic rings. The van der Waals surface area contributed by atoms with E-state index in [0.29, 0.717) is 49.6 Å².